The maximum atomic E-state index is 10.0. The van der Waals surface area contributed by atoms with Gasteiger partial charge >= 0.3 is 0 Å². The zero-order valence-electron chi connectivity index (χ0n) is 9.49. The summed E-state index contributed by atoms with van der Waals surface area (Å²) in [5.41, 5.74) is -0.591. The first-order valence-electron chi connectivity index (χ1n) is 5.12. The Morgan fingerprint density at radius 2 is 2.21 bits per heavy atom. The van der Waals surface area contributed by atoms with Crippen molar-refractivity contribution in [2.75, 3.05) is 0 Å². The number of aliphatic hydroxyl groups is 1. The Morgan fingerprint density at radius 3 is 2.64 bits per heavy atom. The van der Waals surface area contributed by atoms with Crippen molar-refractivity contribution in [1.82, 2.24) is 9.55 Å². The van der Waals surface area contributed by atoms with Gasteiger partial charge in [-0.15, -0.1) is 0 Å². The molecule has 0 aliphatic rings. The first-order chi connectivity index (χ1) is 6.43. The third kappa shape index (κ3) is 2.58. The van der Waals surface area contributed by atoms with Crippen LogP contribution >= 0.6 is 0 Å². The van der Waals surface area contributed by atoms with Crippen LogP contribution < -0.4 is 0 Å². The number of nitrogens with zero attached hydrogens (tertiary/aromatic N) is 2. The minimum Gasteiger partial charge on any atom is -0.390 e. The first-order valence-corrected chi connectivity index (χ1v) is 5.12. The van der Waals surface area contributed by atoms with Crippen molar-refractivity contribution in [3.8, 4) is 0 Å². The van der Waals surface area contributed by atoms with Crippen molar-refractivity contribution >= 4 is 0 Å². The quantitative estimate of drug-likeness (QED) is 0.797. The van der Waals surface area contributed by atoms with Crippen molar-refractivity contribution in [3.05, 3.63) is 18.2 Å². The summed E-state index contributed by atoms with van der Waals surface area (Å²) in [6.45, 7) is 5.97. The molecule has 0 amide bonds. The van der Waals surface area contributed by atoms with Crippen LogP contribution in [-0.2, 0) is 13.5 Å². The van der Waals surface area contributed by atoms with Gasteiger partial charge in [0.2, 0.25) is 0 Å². The van der Waals surface area contributed by atoms with E-state index in [1.54, 1.807) is 6.20 Å². The molecule has 0 aliphatic heterocycles. The van der Waals surface area contributed by atoms with Gasteiger partial charge in [0.25, 0.3) is 0 Å². The van der Waals surface area contributed by atoms with Gasteiger partial charge in [-0.1, -0.05) is 13.8 Å². The van der Waals surface area contributed by atoms with Crippen molar-refractivity contribution < 1.29 is 5.11 Å². The molecule has 3 heteroatoms. The molecule has 1 aromatic heterocycles. The predicted octanol–water partition coefficient (Wildman–Crippen LogP) is 1.76. The lowest BCUT2D eigenvalue weighted by Crippen LogP contribution is -2.31. The molecule has 0 saturated carbocycles. The second-order valence-corrected chi connectivity index (χ2v) is 4.47. The van der Waals surface area contributed by atoms with Gasteiger partial charge in [-0.3, -0.25) is 0 Å². The van der Waals surface area contributed by atoms with E-state index >= 15 is 0 Å². The van der Waals surface area contributed by atoms with Crippen LogP contribution in [0.2, 0.25) is 0 Å². The Labute approximate surface area is 85.8 Å². The molecular formula is C11H20N2O. The van der Waals surface area contributed by atoms with E-state index in [2.05, 4.69) is 4.98 Å². The minimum atomic E-state index is -0.591. The van der Waals surface area contributed by atoms with E-state index in [0.29, 0.717) is 0 Å². The summed E-state index contributed by atoms with van der Waals surface area (Å²) < 4.78 is 2.00. The summed E-state index contributed by atoms with van der Waals surface area (Å²) in [4.78, 5) is 4.23. The molecule has 0 spiro atoms. The molecule has 14 heavy (non-hydrogen) atoms. The number of rotatable bonds is 4. The summed E-state index contributed by atoms with van der Waals surface area (Å²) in [6.07, 6.45) is 5.31. The smallest absolute Gasteiger partial charge is 0.108 e. The van der Waals surface area contributed by atoms with Crippen LogP contribution in [0.3, 0.4) is 0 Å². The van der Waals surface area contributed by atoms with Gasteiger partial charge in [-0.25, -0.2) is 4.98 Å². The topological polar surface area (TPSA) is 38.1 Å². The Balaban J connectivity index is 2.53. The zero-order chi connectivity index (χ0) is 10.8. The highest BCUT2D eigenvalue weighted by molar-refractivity contribution is 4.93. The summed E-state index contributed by atoms with van der Waals surface area (Å²) >= 11 is 0. The Bertz CT molecular complexity index is 289. The molecule has 0 saturated heterocycles. The number of aromatic nitrogens is 2. The monoisotopic (exact) mass is 196 g/mol. The summed E-state index contributed by atoms with van der Waals surface area (Å²) in [7, 11) is 1.98. The maximum Gasteiger partial charge on any atom is 0.108 e. The lowest BCUT2D eigenvalue weighted by atomic mass is 9.88. The summed E-state index contributed by atoms with van der Waals surface area (Å²) in [6, 6.07) is 0. The fraction of sp³-hybridized carbons (Fsp3) is 0.727. The third-order valence-electron chi connectivity index (χ3n) is 3.02. The maximum absolute atomic E-state index is 10.0. The number of hydrogen-bond acceptors (Lipinski definition) is 2. The van der Waals surface area contributed by atoms with Crippen molar-refractivity contribution in [2.24, 2.45) is 13.0 Å². The number of hydrogen-bond donors (Lipinski definition) is 1. The Hall–Kier alpha value is -0.830. The highest BCUT2D eigenvalue weighted by Crippen LogP contribution is 2.21. The molecule has 0 aliphatic carbocycles. The number of imidazole rings is 1. The second kappa shape index (κ2) is 4.13. The fourth-order valence-electron chi connectivity index (χ4n) is 1.29. The standard InChI is InChI=1S/C11H20N2O/c1-9(2)11(3,14)6-5-10-12-7-8-13(10)4/h7-9,14H,5-6H2,1-4H3. The minimum absolute atomic E-state index is 0.280. The Kier molecular flexibility index (Phi) is 3.32. The molecular weight excluding hydrogens is 176 g/mol. The summed E-state index contributed by atoms with van der Waals surface area (Å²) in [5, 5.41) is 10.0. The normalized spacial score (nSPS) is 15.9. The van der Waals surface area contributed by atoms with E-state index < -0.39 is 5.60 Å². The molecule has 1 N–H and O–H groups in total. The molecule has 1 atom stereocenters. The van der Waals surface area contributed by atoms with Gasteiger partial charge in [0.05, 0.1) is 5.60 Å². The molecule has 1 unspecified atom stereocenters. The molecule has 1 heterocycles. The second-order valence-electron chi connectivity index (χ2n) is 4.47. The Morgan fingerprint density at radius 1 is 1.57 bits per heavy atom. The fourth-order valence-corrected chi connectivity index (χ4v) is 1.29. The van der Waals surface area contributed by atoms with Crippen molar-refractivity contribution in [2.45, 2.75) is 39.2 Å². The van der Waals surface area contributed by atoms with E-state index in [4.69, 9.17) is 0 Å². The summed E-state index contributed by atoms with van der Waals surface area (Å²) in [5.74, 6) is 1.31. The van der Waals surface area contributed by atoms with Crippen LogP contribution in [0.4, 0.5) is 0 Å². The molecule has 0 bridgehead atoms. The molecule has 1 rings (SSSR count). The average Bonchev–Trinajstić information content (AvgIpc) is 2.47. The van der Waals surface area contributed by atoms with Gasteiger partial charge in [-0.2, -0.15) is 0 Å². The molecule has 80 valence electrons. The largest absolute Gasteiger partial charge is 0.390 e. The molecule has 1 aromatic rings. The van der Waals surface area contributed by atoms with Gasteiger partial charge in [0, 0.05) is 25.9 Å². The van der Waals surface area contributed by atoms with Crippen LogP contribution in [0.5, 0.6) is 0 Å². The molecule has 0 aromatic carbocycles. The lowest BCUT2D eigenvalue weighted by molar-refractivity contribution is 0.00512. The highest BCUT2D eigenvalue weighted by atomic mass is 16.3. The first kappa shape index (κ1) is 11.2. The van der Waals surface area contributed by atoms with E-state index in [1.807, 2.05) is 38.6 Å². The van der Waals surface area contributed by atoms with Crippen molar-refractivity contribution in [3.63, 3.8) is 0 Å². The van der Waals surface area contributed by atoms with Crippen LogP contribution in [-0.4, -0.2) is 20.3 Å². The van der Waals surface area contributed by atoms with Gasteiger partial charge in [0.15, 0.2) is 0 Å². The van der Waals surface area contributed by atoms with Crippen molar-refractivity contribution in [1.29, 1.82) is 0 Å². The van der Waals surface area contributed by atoms with Gasteiger partial charge in [-0.05, 0) is 19.3 Å². The average molecular weight is 196 g/mol. The van der Waals surface area contributed by atoms with Crippen LogP contribution in [0.1, 0.15) is 33.0 Å². The van der Waals surface area contributed by atoms with Gasteiger partial charge < -0.3 is 9.67 Å². The number of aryl methyl sites for hydroxylation is 2. The zero-order valence-corrected chi connectivity index (χ0v) is 9.49. The van der Waals surface area contributed by atoms with E-state index in [1.165, 1.54) is 0 Å². The highest BCUT2D eigenvalue weighted by Gasteiger charge is 2.24. The van der Waals surface area contributed by atoms with Crippen LogP contribution in [0.25, 0.3) is 0 Å². The van der Waals surface area contributed by atoms with E-state index in [0.717, 1.165) is 18.7 Å². The molecule has 0 radical (unpaired) electrons. The third-order valence-corrected chi connectivity index (χ3v) is 3.02. The van der Waals surface area contributed by atoms with Crippen LogP contribution in [0, 0.1) is 5.92 Å². The SMILES string of the molecule is CC(C)C(C)(O)CCc1nccn1C. The lowest BCUT2D eigenvalue weighted by Gasteiger charge is -2.27. The molecule has 0 fully saturated rings. The van der Waals surface area contributed by atoms with E-state index in [-0.39, 0.29) is 5.92 Å². The molecule has 3 nitrogen and oxygen atoms in total. The van der Waals surface area contributed by atoms with Crippen LogP contribution in [0.15, 0.2) is 12.4 Å². The predicted molar refractivity (Wildman–Crippen MR) is 57.0 cm³/mol. The van der Waals surface area contributed by atoms with E-state index in [9.17, 15) is 5.11 Å². The van der Waals surface area contributed by atoms with Gasteiger partial charge in [0.1, 0.15) is 5.82 Å².